The second-order valence-corrected chi connectivity index (χ2v) is 8.58. The first-order valence-electron chi connectivity index (χ1n) is 11.2. The number of benzene rings is 2. The molecule has 0 spiro atoms. The Kier molecular flexibility index (Phi) is 8.23. The van der Waals surface area contributed by atoms with Crippen LogP contribution >= 0.6 is 0 Å². The van der Waals surface area contributed by atoms with Gasteiger partial charge in [0.15, 0.2) is 0 Å². The van der Waals surface area contributed by atoms with Crippen molar-refractivity contribution in [2.75, 3.05) is 7.11 Å². The SMILES string of the molecule is COC(=O)[C@H](Cc1ccc(O)cc1)NC(=O)[C@@H](NC(=O)c1cc2cc([N+](=O)[O-])ccc2oc1=O)C(C)C. The Bertz CT molecular complexity index is 1400. The second-order valence-electron chi connectivity index (χ2n) is 8.58. The molecule has 1 aromatic heterocycles. The van der Waals surface area contributed by atoms with E-state index in [0.717, 1.165) is 12.1 Å². The van der Waals surface area contributed by atoms with Gasteiger partial charge >= 0.3 is 11.6 Å². The van der Waals surface area contributed by atoms with E-state index in [9.17, 15) is 34.4 Å². The molecule has 0 unspecified atom stereocenters. The van der Waals surface area contributed by atoms with E-state index < -0.39 is 51.9 Å². The Morgan fingerprint density at radius 1 is 1.08 bits per heavy atom. The Balaban J connectivity index is 1.83. The number of carbonyl (C=O) groups excluding carboxylic acids is 3. The number of phenols is 1. The Morgan fingerprint density at radius 3 is 2.35 bits per heavy atom. The predicted octanol–water partition coefficient (Wildman–Crippen LogP) is 2.06. The van der Waals surface area contributed by atoms with Crippen LogP contribution in [0.3, 0.4) is 0 Å². The van der Waals surface area contributed by atoms with E-state index in [0.29, 0.717) is 5.56 Å². The number of nitro groups is 1. The molecular formula is C25H25N3O9. The van der Waals surface area contributed by atoms with E-state index in [1.165, 1.54) is 31.4 Å². The van der Waals surface area contributed by atoms with Crippen LogP contribution < -0.4 is 16.3 Å². The van der Waals surface area contributed by atoms with Gasteiger partial charge in [-0.2, -0.15) is 0 Å². The summed E-state index contributed by atoms with van der Waals surface area (Å²) in [4.78, 5) is 61.2. The molecule has 0 aliphatic carbocycles. The average Bonchev–Trinajstić information content (AvgIpc) is 2.86. The van der Waals surface area contributed by atoms with Crippen molar-refractivity contribution in [3.8, 4) is 5.75 Å². The summed E-state index contributed by atoms with van der Waals surface area (Å²) in [7, 11) is 1.17. The fourth-order valence-corrected chi connectivity index (χ4v) is 3.60. The summed E-state index contributed by atoms with van der Waals surface area (Å²) in [6.07, 6.45) is 0.0600. The highest BCUT2D eigenvalue weighted by molar-refractivity contribution is 6.00. The number of carbonyl (C=O) groups is 3. The predicted molar refractivity (Wildman–Crippen MR) is 131 cm³/mol. The van der Waals surface area contributed by atoms with Crippen LogP contribution in [-0.4, -0.2) is 47.0 Å². The molecule has 12 nitrogen and oxygen atoms in total. The monoisotopic (exact) mass is 511 g/mol. The number of aromatic hydroxyl groups is 1. The van der Waals surface area contributed by atoms with E-state index in [1.807, 2.05) is 0 Å². The molecule has 3 aromatic rings. The van der Waals surface area contributed by atoms with Crippen molar-refractivity contribution in [1.82, 2.24) is 10.6 Å². The molecule has 2 atom stereocenters. The maximum absolute atomic E-state index is 13.1. The quantitative estimate of drug-likeness (QED) is 0.168. The third kappa shape index (κ3) is 6.48. The minimum absolute atomic E-state index is 0.0396. The molecule has 37 heavy (non-hydrogen) atoms. The number of hydrogen-bond donors (Lipinski definition) is 3. The first-order chi connectivity index (χ1) is 17.5. The van der Waals surface area contributed by atoms with Gasteiger partial charge in [-0.3, -0.25) is 19.7 Å². The van der Waals surface area contributed by atoms with Crippen molar-refractivity contribution >= 4 is 34.4 Å². The van der Waals surface area contributed by atoms with Crippen LogP contribution in [0.2, 0.25) is 0 Å². The smallest absolute Gasteiger partial charge is 0.349 e. The average molecular weight is 511 g/mol. The van der Waals surface area contributed by atoms with Crippen LogP contribution in [0.5, 0.6) is 5.75 Å². The molecule has 0 radical (unpaired) electrons. The summed E-state index contributed by atoms with van der Waals surface area (Å²) in [6, 6.07) is 8.53. The van der Waals surface area contributed by atoms with Gasteiger partial charge in [0.25, 0.3) is 11.6 Å². The van der Waals surface area contributed by atoms with Crippen molar-refractivity contribution in [3.05, 3.63) is 80.2 Å². The number of fused-ring (bicyclic) bond motifs is 1. The van der Waals surface area contributed by atoms with Crippen LogP contribution in [0.4, 0.5) is 5.69 Å². The number of rotatable bonds is 9. The van der Waals surface area contributed by atoms with Gasteiger partial charge in [-0.05, 0) is 35.7 Å². The molecule has 1 heterocycles. The number of amides is 2. The summed E-state index contributed by atoms with van der Waals surface area (Å²) in [5, 5.41) is 25.7. The molecule has 194 valence electrons. The molecule has 2 aromatic carbocycles. The molecule has 0 aliphatic rings. The minimum atomic E-state index is -1.15. The van der Waals surface area contributed by atoms with E-state index >= 15 is 0 Å². The van der Waals surface area contributed by atoms with Crippen LogP contribution in [0.15, 0.2) is 57.7 Å². The van der Waals surface area contributed by atoms with Crippen molar-refractivity contribution < 1.29 is 33.6 Å². The highest BCUT2D eigenvalue weighted by atomic mass is 16.6. The standard InChI is InChI=1S/C25H25N3O9/c1-13(2)21(23(31)26-19(25(33)36-3)10-14-4-7-17(29)8-5-14)27-22(30)18-12-15-11-16(28(34)35)6-9-20(15)37-24(18)32/h4-9,11-13,19,21,29H,10H2,1-3H3,(H,26,31)(H,27,30)/t19-,21-/m0/s1. The molecule has 0 bridgehead atoms. The largest absolute Gasteiger partial charge is 0.508 e. The summed E-state index contributed by atoms with van der Waals surface area (Å²) in [6.45, 7) is 3.31. The highest BCUT2D eigenvalue weighted by Crippen LogP contribution is 2.20. The zero-order valence-corrected chi connectivity index (χ0v) is 20.2. The number of phenolic OH excluding ortho intramolecular Hbond substituents is 1. The van der Waals surface area contributed by atoms with Crippen LogP contribution in [0, 0.1) is 16.0 Å². The lowest BCUT2D eigenvalue weighted by molar-refractivity contribution is -0.384. The van der Waals surface area contributed by atoms with E-state index in [-0.39, 0.29) is 28.8 Å². The second kappa shape index (κ2) is 11.3. The molecule has 0 aliphatic heterocycles. The summed E-state index contributed by atoms with van der Waals surface area (Å²) < 4.78 is 9.91. The summed E-state index contributed by atoms with van der Waals surface area (Å²) in [5.41, 5.74) is -0.988. The van der Waals surface area contributed by atoms with Gasteiger partial charge < -0.3 is 24.9 Å². The fraction of sp³-hybridized carbons (Fsp3) is 0.280. The number of ether oxygens (including phenoxy) is 1. The Morgan fingerprint density at radius 2 is 1.76 bits per heavy atom. The number of methoxy groups -OCH3 is 1. The van der Waals surface area contributed by atoms with Gasteiger partial charge in [0.1, 0.15) is 29.0 Å². The number of non-ortho nitro benzene ring substituents is 1. The zero-order valence-electron chi connectivity index (χ0n) is 20.2. The number of nitrogens with one attached hydrogen (secondary N) is 2. The van der Waals surface area contributed by atoms with Gasteiger partial charge in [-0.1, -0.05) is 26.0 Å². The van der Waals surface area contributed by atoms with E-state index in [4.69, 9.17) is 9.15 Å². The van der Waals surface area contributed by atoms with Gasteiger partial charge in [-0.25, -0.2) is 9.59 Å². The van der Waals surface area contributed by atoms with Gasteiger partial charge in [-0.15, -0.1) is 0 Å². The molecule has 0 saturated heterocycles. The van der Waals surface area contributed by atoms with Crippen molar-refractivity contribution in [1.29, 1.82) is 0 Å². The van der Waals surface area contributed by atoms with Crippen molar-refractivity contribution in [3.63, 3.8) is 0 Å². The normalized spacial score (nSPS) is 12.5. The van der Waals surface area contributed by atoms with Gasteiger partial charge in [0.05, 0.1) is 12.0 Å². The van der Waals surface area contributed by atoms with E-state index in [2.05, 4.69) is 10.6 Å². The summed E-state index contributed by atoms with van der Waals surface area (Å²) >= 11 is 0. The topological polar surface area (TPSA) is 178 Å². The van der Waals surface area contributed by atoms with Crippen molar-refractivity contribution in [2.45, 2.75) is 32.4 Å². The van der Waals surface area contributed by atoms with Crippen LogP contribution in [0.25, 0.3) is 11.0 Å². The Labute approximate surface area is 210 Å². The van der Waals surface area contributed by atoms with Crippen molar-refractivity contribution in [2.24, 2.45) is 5.92 Å². The lowest BCUT2D eigenvalue weighted by Crippen LogP contribution is -2.54. The minimum Gasteiger partial charge on any atom is -0.508 e. The first-order valence-corrected chi connectivity index (χ1v) is 11.2. The Hall–Kier alpha value is -4.74. The summed E-state index contributed by atoms with van der Waals surface area (Å²) in [5.74, 6) is -2.75. The third-order valence-corrected chi connectivity index (χ3v) is 5.59. The molecule has 12 heteroatoms. The highest BCUT2D eigenvalue weighted by Gasteiger charge is 2.30. The third-order valence-electron chi connectivity index (χ3n) is 5.59. The van der Waals surface area contributed by atoms with Gasteiger partial charge in [0.2, 0.25) is 5.91 Å². The van der Waals surface area contributed by atoms with Crippen LogP contribution in [0.1, 0.15) is 29.8 Å². The maximum atomic E-state index is 13.1. The molecule has 3 N–H and O–H groups in total. The molecule has 0 fully saturated rings. The number of nitrogens with zero attached hydrogens (tertiary/aromatic N) is 1. The molecular weight excluding hydrogens is 486 g/mol. The lowest BCUT2D eigenvalue weighted by atomic mass is 10.0. The number of esters is 1. The zero-order chi connectivity index (χ0) is 27.3. The van der Waals surface area contributed by atoms with Crippen LogP contribution in [-0.2, 0) is 20.7 Å². The maximum Gasteiger partial charge on any atom is 0.349 e. The fourth-order valence-electron chi connectivity index (χ4n) is 3.60. The first kappa shape index (κ1) is 26.9. The molecule has 2 amide bonds. The molecule has 3 rings (SSSR count). The lowest BCUT2D eigenvalue weighted by Gasteiger charge is -2.24. The number of nitro benzene ring substituents is 1. The van der Waals surface area contributed by atoms with E-state index in [1.54, 1.807) is 26.0 Å². The van der Waals surface area contributed by atoms with Gasteiger partial charge in [0, 0.05) is 23.9 Å². The molecule has 0 saturated carbocycles. The number of hydrogen-bond acceptors (Lipinski definition) is 9.